The van der Waals surface area contributed by atoms with Crippen LogP contribution in [0.15, 0.2) is 206 Å². The number of fused-ring (bicyclic) bond motifs is 6. The number of hydrogen-bond donors (Lipinski definition) is 0. The van der Waals surface area contributed by atoms with Crippen LogP contribution in [0.25, 0.3) is 60.6 Å². The topological polar surface area (TPSA) is 33.1 Å². The molecule has 5 nitrogen and oxygen atoms in total. The number of hydrogen-bond acceptors (Lipinski definition) is 2. The zero-order chi connectivity index (χ0) is 37.7. The minimum absolute atomic E-state index is 0.724. The van der Waals surface area contributed by atoms with Gasteiger partial charge in [0.25, 0.3) is 5.69 Å². The molecule has 0 fully saturated rings. The third-order valence-electron chi connectivity index (χ3n) is 10.8. The Bertz CT molecular complexity index is 3140. The second-order valence-corrected chi connectivity index (χ2v) is 14.2. The quantitative estimate of drug-likeness (QED) is 0.153. The smallest absolute Gasteiger partial charge is 0.457 e. The molecule has 11 rings (SSSR count). The summed E-state index contributed by atoms with van der Waals surface area (Å²) in [5, 5.41) is 4.60. The van der Waals surface area contributed by atoms with Gasteiger partial charge in [-0.15, -0.1) is 0 Å². The van der Waals surface area contributed by atoms with E-state index in [1.54, 1.807) is 0 Å². The van der Waals surface area contributed by atoms with Crippen molar-refractivity contribution in [3.8, 4) is 39.4 Å². The van der Waals surface area contributed by atoms with Gasteiger partial charge in [0.1, 0.15) is 17.1 Å². The van der Waals surface area contributed by atoms with E-state index in [0.29, 0.717) is 0 Å². The Labute approximate surface area is 329 Å². The van der Waals surface area contributed by atoms with Crippen molar-refractivity contribution in [2.45, 2.75) is 0 Å². The average Bonchev–Trinajstić information content (AvgIpc) is 3.84. The van der Waals surface area contributed by atoms with Crippen LogP contribution in [0.4, 0.5) is 22.7 Å². The molecular formula is C52H34N4O+2. The van der Waals surface area contributed by atoms with Crippen molar-refractivity contribution in [3.63, 3.8) is 0 Å². The molecular weight excluding hydrogens is 697 g/mol. The van der Waals surface area contributed by atoms with Gasteiger partial charge >= 0.3 is 11.7 Å². The fourth-order valence-electron chi connectivity index (χ4n) is 8.27. The molecule has 1 aliphatic heterocycles. The molecule has 0 bridgehead atoms. The summed E-state index contributed by atoms with van der Waals surface area (Å²) in [6.45, 7) is 0. The molecule has 5 heteroatoms. The number of benzene rings is 8. The van der Waals surface area contributed by atoms with Crippen LogP contribution in [0.1, 0.15) is 0 Å². The largest absolute Gasteiger partial charge is 0.503 e. The van der Waals surface area contributed by atoms with E-state index in [1.165, 1.54) is 10.8 Å². The Morgan fingerprint density at radius 3 is 1.91 bits per heavy atom. The number of pyridine rings is 1. The number of aromatic nitrogens is 2. The van der Waals surface area contributed by atoms with Gasteiger partial charge in [0, 0.05) is 35.2 Å². The molecule has 0 spiro atoms. The number of nitrogens with zero attached hydrogens (tertiary/aromatic N) is 4. The highest BCUT2D eigenvalue weighted by Crippen LogP contribution is 2.47. The lowest BCUT2D eigenvalue weighted by atomic mass is 9.95. The van der Waals surface area contributed by atoms with Crippen molar-refractivity contribution >= 4 is 61.5 Å². The maximum absolute atomic E-state index is 6.66. The summed E-state index contributed by atoms with van der Waals surface area (Å²) in [4.78, 5) is 4.78. The zero-order valence-corrected chi connectivity index (χ0v) is 30.8. The van der Waals surface area contributed by atoms with E-state index in [1.807, 2.05) is 36.5 Å². The maximum atomic E-state index is 6.66. The predicted molar refractivity (Wildman–Crippen MR) is 234 cm³/mol. The Morgan fingerprint density at radius 1 is 0.474 bits per heavy atom. The van der Waals surface area contributed by atoms with Gasteiger partial charge in [0.15, 0.2) is 0 Å². The number of rotatable bonds is 7. The van der Waals surface area contributed by atoms with Gasteiger partial charge in [0.2, 0.25) is 11.4 Å². The van der Waals surface area contributed by atoms with Gasteiger partial charge in [-0.2, -0.15) is 0 Å². The molecule has 0 radical (unpaired) electrons. The van der Waals surface area contributed by atoms with E-state index in [9.17, 15) is 0 Å². The molecule has 1 aliphatic rings. The van der Waals surface area contributed by atoms with Gasteiger partial charge in [0.05, 0.1) is 33.8 Å². The molecule has 0 N–H and O–H groups in total. The van der Waals surface area contributed by atoms with Gasteiger partial charge in [-0.1, -0.05) is 115 Å². The molecule has 57 heavy (non-hydrogen) atoms. The SMILES string of the molecule is C1=[N+](c2cccc(Oc3cccc(-n4c5ccccc5c5cccnc54)c3)c2)c2ccc3ccccc3c2[N+]=1c1c(-c2ccccc2)cccc1-c1ccccc1. The summed E-state index contributed by atoms with van der Waals surface area (Å²) in [5.41, 5.74) is 11.7. The van der Waals surface area contributed by atoms with Crippen LogP contribution < -0.4 is 13.9 Å². The van der Waals surface area contributed by atoms with Gasteiger partial charge in [-0.25, -0.2) is 4.98 Å². The van der Waals surface area contributed by atoms with Crippen LogP contribution in [0, 0.1) is 0 Å². The summed E-state index contributed by atoms with van der Waals surface area (Å²) in [5.74, 6) is 1.46. The summed E-state index contributed by atoms with van der Waals surface area (Å²) < 4.78 is 13.3. The van der Waals surface area contributed by atoms with Crippen LogP contribution >= 0.6 is 0 Å². The van der Waals surface area contributed by atoms with E-state index >= 15 is 0 Å². The van der Waals surface area contributed by atoms with Crippen LogP contribution in [0.3, 0.4) is 0 Å². The van der Waals surface area contributed by atoms with Gasteiger partial charge in [-0.05, 0) is 86.3 Å². The average molecular weight is 731 g/mol. The predicted octanol–water partition coefficient (Wildman–Crippen LogP) is 13.3. The van der Waals surface area contributed by atoms with Crippen molar-refractivity contribution in [2.75, 3.05) is 0 Å². The number of ether oxygens (including phenoxy) is 1. The van der Waals surface area contributed by atoms with Crippen LogP contribution in [-0.4, -0.2) is 15.6 Å². The highest BCUT2D eigenvalue weighted by atomic mass is 16.5. The molecule has 0 amide bonds. The van der Waals surface area contributed by atoms with Crippen molar-refractivity contribution < 1.29 is 4.74 Å². The first kappa shape index (κ1) is 32.6. The minimum atomic E-state index is 0.724. The zero-order valence-electron chi connectivity index (χ0n) is 30.8. The first-order chi connectivity index (χ1) is 28.3. The number of para-hydroxylation sites is 2. The highest BCUT2D eigenvalue weighted by Gasteiger charge is 2.41. The Morgan fingerprint density at radius 2 is 1.12 bits per heavy atom. The molecule has 8 aromatic carbocycles. The van der Waals surface area contributed by atoms with E-state index < -0.39 is 0 Å². The van der Waals surface area contributed by atoms with Gasteiger partial charge in [-0.3, -0.25) is 4.57 Å². The Hall–Kier alpha value is -7.85. The lowest BCUT2D eigenvalue weighted by molar-refractivity contribution is 0.482. The van der Waals surface area contributed by atoms with E-state index in [4.69, 9.17) is 9.72 Å². The standard InChI is InChI=1S/C52H34N4O/c1-3-15-36(16-4-1)43-26-13-27-44(37-17-5-2-6-18-37)50(43)55-35-54(49-31-30-38-19-7-8-24-45(38)51(49)55)39-20-11-22-41(33-39)57-42-23-12-21-40(34-42)56-48-29-10-9-25-46(48)47-28-14-32-53-52(47)56/h1-34H/q+2. The van der Waals surface area contributed by atoms with E-state index in [0.717, 1.165) is 84.1 Å². The van der Waals surface area contributed by atoms with Crippen molar-refractivity contribution in [3.05, 3.63) is 206 Å². The van der Waals surface area contributed by atoms with Crippen molar-refractivity contribution in [1.82, 2.24) is 18.7 Å². The highest BCUT2D eigenvalue weighted by molar-refractivity contribution is 6.08. The van der Waals surface area contributed by atoms with E-state index in [-0.39, 0.29) is 0 Å². The first-order valence-electron chi connectivity index (χ1n) is 19.1. The second kappa shape index (κ2) is 13.5. The first-order valence-corrected chi connectivity index (χ1v) is 19.1. The normalized spacial score (nSPS) is 12.1. The monoisotopic (exact) mass is 730 g/mol. The van der Waals surface area contributed by atoms with Gasteiger partial charge < -0.3 is 4.74 Å². The summed E-state index contributed by atoms with van der Waals surface area (Å²) >= 11 is 0. The van der Waals surface area contributed by atoms with E-state index in [2.05, 4.69) is 190 Å². The lowest BCUT2D eigenvalue weighted by Gasteiger charge is -2.11. The molecule has 0 unspecified atom stereocenters. The van der Waals surface area contributed by atoms with Crippen LogP contribution in [0.5, 0.6) is 11.5 Å². The molecule has 0 saturated heterocycles. The molecule has 0 atom stereocenters. The summed E-state index contributed by atoms with van der Waals surface area (Å²) in [6, 6.07) is 73.7. The Balaban J connectivity index is 1.07. The minimum Gasteiger partial charge on any atom is -0.457 e. The molecule has 2 aromatic heterocycles. The van der Waals surface area contributed by atoms with Crippen molar-refractivity contribution in [1.29, 1.82) is 0 Å². The fourth-order valence-corrected chi connectivity index (χ4v) is 8.27. The fraction of sp³-hybridized carbons (Fsp3) is 0. The molecule has 266 valence electrons. The van der Waals surface area contributed by atoms with Crippen LogP contribution in [-0.2, 0) is 0 Å². The summed E-state index contributed by atoms with van der Waals surface area (Å²) in [7, 11) is 0. The molecule has 10 aromatic rings. The second-order valence-electron chi connectivity index (χ2n) is 14.2. The molecule has 0 saturated carbocycles. The Kier molecular flexibility index (Phi) is 7.70. The van der Waals surface area contributed by atoms with Crippen molar-refractivity contribution in [2.24, 2.45) is 0 Å². The lowest BCUT2D eigenvalue weighted by Crippen LogP contribution is -2.05. The summed E-state index contributed by atoms with van der Waals surface area (Å²) in [6.07, 6.45) is 1.85. The maximum Gasteiger partial charge on any atom is 0.503 e. The molecule has 0 aliphatic carbocycles. The van der Waals surface area contributed by atoms with Crippen LogP contribution in [0.2, 0.25) is 0 Å². The third kappa shape index (κ3) is 5.53. The molecule has 3 heterocycles. The third-order valence-corrected chi connectivity index (χ3v) is 10.8.